The molecule has 20 heavy (non-hydrogen) atoms. The number of methoxy groups -OCH3 is 1. The zero-order valence-electron chi connectivity index (χ0n) is 13.0. The van der Waals surface area contributed by atoms with Crippen molar-refractivity contribution in [3.8, 4) is 5.75 Å². The molecular formula is C14H27N3O3. The third-order valence-corrected chi connectivity index (χ3v) is 3.02. The van der Waals surface area contributed by atoms with Gasteiger partial charge < -0.3 is 19.5 Å². The quantitative estimate of drug-likeness (QED) is 0.657. The molecule has 116 valence electrons. The molecule has 1 aromatic rings. The van der Waals surface area contributed by atoms with Crippen molar-refractivity contribution in [3.05, 3.63) is 11.9 Å². The first-order chi connectivity index (χ1) is 9.60. The molecule has 0 bridgehead atoms. The Kier molecular flexibility index (Phi) is 7.58. The first-order valence-electron chi connectivity index (χ1n) is 7.10. The number of likely N-dealkylation sites (N-methyl/N-ethyl adjacent to an activating group) is 1. The fourth-order valence-corrected chi connectivity index (χ4v) is 1.92. The maximum Gasteiger partial charge on any atom is 0.162 e. The standard InChI is InChI=1S/C14H27N3O3/c1-5-9-20-10-6-12(18)14-13(19-4)11-15-17(14)8-7-16(2)3/h11-12,18H,5-10H2,1-4H3. The van der Waals surface area contributed by atoms with Crippen LogP contribution in [-0.4, -0.2) is 60.8 Å². The lowest BCUT2D eigenvalue weighted by Crippen LogP contribution is -2.21. The molecule has 0 radical (unpaired) electrons. The summed E-state index contributed by atoms with van der Waals surface area (Å²) in [6.07, 6.45) is 2.57. The molecule has 0 amide bonds. The first kappa shape index (κ1) is 16.9. The van der Waals surface area contributed by atoms with Crippen LogP contribution in [0, 0.1) is 0 Å². The molecule has 0 spiro atoms. The molecule has 6 heteroatoms. The Morgan fingerprint density at radius 1 is 1.40 bits per heavy atom. The van der Waals surface area contributed by atoms with E-state index >= 15 is 0 Å². The van der Waals surface area contributed by atoms with E-state index in [4.69, 9.17) is 9.47 Å². The van der Waals surface area contributed by atoms with Crippen molar-refractivity contribution in [3.63, 3.8) is 0 Å². The topological polar surface area (TPSA) is 59.8 Å². The van der Waals surface area contributed by atoms with Gasteiger partial charge in [-0.2, -0.15) is 5.10 Å². The average molecular weight is 285 g/mol. The average Bonchev–Trinajstić information content (AvgIpc) is 2.84. The van der Waals surface area contributed by atoms with Crippen LogP contribution < -0.4 is 4.74 Å². The zero-order valence-corrected chi connectivity index (χ0v) is 13.0. The molecule has 0 saturated carbocycles. The first-order valence-corrected chi connectivity index (χ1v) is 7.10. The van der Waals surface area contributed by atoms with Gasteiger partial charge in [-0.25, -0.2) is 0 Å². The maximum absolute atomic E-state index is 10.3. The molecule has 0 aliphatic heterocycles. The van der Waals surface area contributed by atoms with Crippen LogP contribution in [0.1, 0.15) is 31.6 Å². The number of hydrogen-bond donors (Lipinski definition) is 1. The fraction of sp³-hybridized carbons (Fsp3) is 0.786. The van der Waals surface area contributed by atoms with E-state index in [0.29, 0.717) is 18.8 Å². The summed E-state index contributed by atoms with van der Waals surface area (Å²) in [4.78, 5) is 2.08. The van der Waals surface area contributed by atoms with E-state index in [-0.39, 0.29) is 0 Å². The van der Waals surface area contributed by atoms with E-state index in [0.717, 1.165) is 31.8 Å². The Morgan fingerprint density at radius 2 is 2.15 bits per heavy atom. The zero-order chi connectivity index (χ0) is 15.0. The molecule has 0 saturated heterocycles. The summed E-state index contributed by atoms with van der Waals surface area (Å²) in [6.45, 7) is 4.91. The summed E-state index contributed by atoms with van der Waals surface area (Å²) in [5, 5.41) is 14.6. The highest BCUT2D eigenvalue weighted by Gasteiger charge is 2.19. The van der Waals surface area contributed by atoms with Crippen LogP contribution in [0.15, 0.2) is 6.20 Å². The molecule has 0 fully saturated rings. The van der Waals surface area contributed by atoms with Crippen LogP contribution >= 0.6 is 0 Å². The molecule has 1 unspecified atom stereocenters. The van der Waals surface area contributed by atoms with Crippen LogP contribution in [0.3, 0.4) is 0 Å². The lowest BCUT2D eigenvalue weighted by atomic mass is 10.2. The third-order valence-electron chi connectivity index (χ3n) is 3.02. The summed E-state index contributed by atoms with van der Waals surface area (Å²) in [5.74, 6) is 0.631. The Balaban J connectivity index is 2.66. The van der Waals surface area contributed by atoms with E-state index in [1.807, 2.05) is 18.8 Å². The SMILES string of the molecule is CCCOCCC(O)c1c(OC)cnn1CCN(C)C. The van der Waals surface area contributed by atoms with Crippen LogP contribution in [0.5, 0.6) is 5.75 Å². The normalized spacial score (nSPS) is 12.9. The second-order valence-corrected chi connectivity index (χ2v) is 5.04. The monoisotopic (exact) mass is 285 g/mol. The van der Waals surface area contributed by atoms with E-state index < -0.39 is 6.10 Å². The molecule has 0 aromatic carbocycles. The summed E-state index contributed by atoms with van der Waals surface area (Å²) in [5.41, 5.74) is 0.731. The Labute approximate surface area is 121 Å². The van der Waals surface area contributed by atoms with Crippen molar-refractivity contribution < 1.29 is 14.6 Å². The Morgan fingerprint density at radius 3 is 2.75 bits per heavy atom. The lowest BCUT2D eigenvalue weighted by molar-refractivity contribution is 0.0766. The van der Waals surface area contributed by atoms with Gasteiger partial charge in [0.15, 0.2) is 5.75 Å². The smallest absolute Gasteiger partial charge is 0.162 e. The maximum atomic E-state index is 10.3. The highest BCUT2D eigenvalue weighted by atomic mass is 16.5. The van der Waals surface area contributed by atoms with Gasteiger partial charge in [0, 0.05) is 26.2 Å². The van der Waals surface area contributed by atoms with Gasteiger partial charge in [0.05, 0.1) is 19.9 Å². The number of aliphatic hydroxyl groups is 1. The predicted octanol–water partition coefficient (Wildman–Crippen LogP) is 1.30. The molecule has 1 atom stereocenters. The molecule has 1 aromatic heterocycles. The van der Waals surface area contributed by atoms with Crippen molar-refractivity contribution in [2.24, 2.45) is 0 Å². The number of rotatable bonds is 10. The lowest BCUT2D eigenvalue weighted by Gasteiger charge is -2.16. The fourth-order valence-electron chi connectivity index (χ4n) is 1.92. The predicted molar refractivity (Wildman–Crippen MR) is 78.0 cm³/mol. The van der Waals surface area contributed by atoms with Crippen molar-refractivity contribution in [2.45, 2.75) is 32.4 Å². The second kappa shape index (κ2) is 8.94. The van der Waals surface area contributed by atoms with Gasteiger partial charge in [-0.05, 0) is 20.5 Å². The molecule has 1 rings (SSSR count). The largest absolute Gasteiger partial charge is 0.493 e. The van der Waals surface area contributed by atoms with Gasteiger partial charge in [-0.1, -0.05) is 6.92 Å². The highest BCUT2D eigenvalue weighted by molar-refractivity contribution is 5.27. The number of aliphatic hydroxyl groups excluding tert-OH is 1. The van der Waals surface area contributed by atoms with Gasteiger partial charge in [0.25, 0.3) is 0 Å². The summed E-state index contributed by atoms with van der Waals surface area (Å²) in [6, 6.07) is 0. The molecular weight excluding hydrogens is 258 g/mol. The Hall–Kier alpha value is -1.11. The minimum Gasteiger partial charge on any atom is -0.493 e. The third kappa shape index (κ3) is 5.11. The van der Waals surface area contributed by atoms with Crippen LogP contribution in [-0.2, 0) is 11.3 Å². The van der Waals surface area contributed by atoms with Gasteiger partial charge >= 0.3 is 0 Å². The number of nitrogens with zero attached hydrogens (tertiary/aromatic N) is 3. The second-order valence-electron chi connectivity index (χ2n) is 5.04. The molecule has 1 N–H and O–H groups in total. The van der Waals surface area contributed by atoms with E-state index in [9.17, 15) is 5.11 Å². The number of ether oxygens (including phenoxy) is 2. The van der Waals surface area contributed by atoms with E-state index in [1.54, 1.807) is 13.3 Å². The van der Waals surface area contributed by atoms with Crippen molar-refractivity contribution in [2.75, 3.05) is 41.0 Å². The number of hydrogen-bond acceptors (Lipinski definition) is 5. The minimum absolute atomic E-state index is 0.539. The summed E-state index contributed by atoms with van der Waals surface area (Å²) < 4.78 is 12.5. The summed E-state index contributed by atoms with van der Waals surface area (Å²) in [7, 11) is 5.61. The van der Waals surface area contributed by atoms with Crippen LogP contribution in [0.4, 0.5) is 0 Å². The molecule has 6 nitrogen and oxygen atoms in total. The van der Waals surface area contributed by atoms with Crippen molar-refractivity contribution >= 4 is 0 Å². The minimum atomic E-state index is -0.619. The molecule has 0 aliphatic carbocycles. The van der Waals surface area contributed by atoms with Gasteiger partial charge in [-0.3, -0.25) is 4.68 Å². The molecule has 0 aliphatic rings. The van der Waals surface area contributed by atoms with Crippen LogP contribution in [0.2, 0.25) is 0 Å². The number of aromatic nitrogens is 2. The van der Waals surface area contributed by atoms with E-state index in [1.165, 1.54) is 0 Å². The van der Waals surface area contributed by atoms with Crippen molar-refractivity contribution in [1.82, 2.24) is 14.7 Å². The highest BCUT2D eigenvalue weighted by Crippen LogP contribution is 2.27. The summed E-state index contributed by atoms with van der Waals surface area (Å²) >= 11 is 0. The van der Waals surface area contributed by atoms with E-state index in [2.05, 4.69) is 16.9 Å². The van der Waals surface area contributed by atoms with Crippen LogP contribution in [0.25, 0.3) is 0 Å². The molecule has 1 heterocycles. The van der Waals surface area contributed by atoms with Gasteiger partial charge in [0.2, 0.25) is 0 Å². The van der Waals surface area contributed by atoms with Gasteiger partial charge in [-0.15, -0.1) is 0 Å². The van der Waals surface area contributed by atoms with Crippen molar-refractivity contribution in [1.29, 1.82) is 0 Å². The van der Waals surface area contributed by atoms with Gasteiger partial charge in [0.1, 0.15) is 11.8 Å². The Bertz CT molecular complexity index is 380.